The molecule has 0 saturated carbocycles. The van der Waals surface area contributed by atoms with Crippen LogP contribution in [0.4, 0.5) is 4.79 Å². The molecule has 1 aliphatic rings. The number of carbonyl (C=O) groups excluding carboxylic acids is 2. The molecule has 1 aromatic carbocycles. The summed E-state index contributed by atoms with van der Waals surface area (Å²) in [6.45, 7) is 3.77. The summed E-state index contributed by atoms with van der Waals surface area (Å²) in [7, 11) is 1.33. The molecule has 0 saturated heterocycles. The molecule has 0 aromatic heterocycles. The summed E-state index contributed by atoms with van der Waals surface area (Å²) in [6.07, 6.45) is 0.942. The molecule has 5 nitrogen and oxygen atoms in total. The molecule has 5 heteroatoms. The van der Waals surface area contributed by atoms with Gasteiger partial charge in [-0.25, -0.2) is 9.59 Å². The third-order valence-corrected chi connectivity index (χ3v) is 3.40. The van der Waals surface area contributed by atoms with Crippen LogP contribution in [0.3, 0.4) is 0 Å². The van der Waals surface area contributed by atoms with Crippen LogP contribution in [0.25, 0.3) is 0 Å². The van der Waals surface area contributed by atoms with Gasteiger partial charge in [0.1, 0.15) is 0 Å². The quantitative estimate of drug-likeness (QED) is 0.829. The molecule has 0 bridgehead atoms. The van der Waals surface area contributed by atoms with Crippen molar-refractivity contribution >= 4 is 12.0 Å². The summed E-state index contributed by atoms with van der Waals surface area (Å²) < 4.78 is 4.80. The van der Waals surface area contributed by atoms with Crippen molar-refractivity contribution in [3.63, 3.8) is 0 Å². The topological polar surface area (TPSA) is 67.4 Å². The van der Waals surface area contributed by atoms with E-state index in [1.165, 1.54) is 12.7 Å². The largest absolute Gasteiger partial charge is 0.466 e. The minimum Gasteiger partial charge on any atom is -0.466 e. The van der Waals surface area contributed by atoms with Crippen LogP contribution >= 0.6 is 0 Å². The molecular formula is C15H18N2O3. The SMILES string of the molecule is CCc1ccc([C@H]2NC(=O)NC(C)=C2C(=O)OC)cc1. The minimum atomic E-state index is -0.484. The first-order valence-electron chi connectivity index (χ1n) is 6.52. The maximum Gasteiger partial charge on any atom is 0.337 e. The minimum absolute atomic E-state index is 0.320. The maximum absolute atomic E-state index is 11.9. The van der Waals surface area contributed by atoms with Gasteiger partial charge in [0.15, 0.2) is 0 Å². The van der Waals surface area contributed by atoms with Gasteiger partial charge in [-0.2, -0.15) is 0 Å². The third kappa shape index (κ3) is 2.66. The molecule has 0 aliphatic carbocycles. The van der Waals surface area contributed by atoms with Crippen LogP contribution in [0.5, 0.6) is 0 Å². The Bertz CT molecular complexity index is 561. The van der Waals surface area contributed by atoms with Crippen molar-refractivity contribution in [3.05, 3.63) is 46.7 Å². The first-order chi connectivity index (χ1) is 9.56. The average Bonchev–Trinajstić information content (AvgIpc) is 2.46. The summed E-state index contributed by atoms with van der Waals surface area (Å²) >= 11 is 0. The van der Waals surface area contributed by atoms with E-state index in [0.29, 0.717) is 11.3 Å². The van der Waals surface area contributed by atoms with Crippen LogP contribution in [-0.4, -0.2) is 19.1 Å². The molecule has 1 aliphatic heterocycles. The molecule has 2 N–H and O–H groups in total. The third-order valence-electron chi connectivity index (χ3n) is 3.40. The van der Waals surface area contributed by atoms with Crippen molar-refractivity contribution in [1.82, 2.24) is 10.6 Å². The zero-order chi connectivity index (χ0) is 14.7. The van der Waals surface area contributed by atoms with E-state index in [0.717, 1.165) is 12.0 Å². The maximum atomic E-state index is 11.9. The van der Waals surface area contributed by atoms with E-state index in [9.17, 15) is 9.59 Å². The first-order valence-corrected chi connectivity index (χ1v) is 6.52. The number of rotatable bonds is 3. The molecule has 2 rings (SSSR count). The van der Waals surface area contributed by atoms with Crippen molar-refractivity contribution in [2.75, 3.05) is 7.11 Å². The monoisotopic (exact) mass is 274 g/mol. The van der Waals surface area contributed by atoms with E-state index in [1.807, 2.05) is 24.3 Å². The molecule has 2 amide bonds. The second kappa shape index (κ2) is 5.77. The van der Waals surface area contributed by atoms with E-state index in [4.69, 9.17) is 4.74 Å². The first kappa shape index (κ1) is 14.1. The summed E-state index contributed by atoms with van der Waals surface area (Å²) in [4.78, 5) is 23.5. The normalized spacial score (nSPS) is 18.4. The van der Waals surface area contributed by atoms with E-state index in [2.05, 4.69) is 17.6 Å². The number of allylic oxidation sites excluding steroid dienone is 1. The van der Waals surface area contributed by atoms with E-state index >= 15 is 0 Å². The zero-order valence-electron chi connectivity index (χ0n) is 11.8. The Morgan fingerprint density at radius 1 is 1.30 bits per heavy atom. The lowest BCUT2D eigenvalue weighted by Crippen LogP contribution is -2.45. The molecule has 106 valence electrons. The lowest BCUT2D eigenvalue weighted by Gasteiger charge is -2.27. The summed E-state index contributed by atoms with van der Waals surface area (Å²) in [5.41, 5.74) is 3.01. The molecule has 0 spiro atoms. The number of methoxy groups -OCH3 is 1. The summed E-state index contributed by atoms with van der Waals surface area (Å²) in [6, 6.07) is 7.03. The average molecular weight is 274 g/mol. The number of aryl methyl sites for hydroxylation is 1. The predicted octanol–water partition coefficient (Wildman–Crippen LogP) is 2.05. The van der Waals surface area contributed by atoms with Crippen molar-refractivity contribution < 1.29 is 14.3 Å². The highest BCUT2D eigenvalue weighted by atomic mass is 16.5. The van der Waals surface area contributed by atoms with Crippen molar-refractivity contribution in [1.29, 1.82) is 0 Å². The Morgan fingerprint density at radius 2 is 1.95 bits per heavy atom. The highest BCUT2D eigenvalue weighted by Crippen LogP contribution is 2.27. The number of hydrogen-bond donors (Lipinski definition) is 2. The van der Waals surface area contributed by atoms with Gasteiger partial charge in [-0.1, -0.05) is 31.2 Å². The van der Waals surface area contributed by atoms with Crippen molar-refractivity contribution in [2.45, 2.75) is 26.3 Å². The van der Waals surface area contributed by atoms with Crippen LogP contribution in [0.1, 0.15) is 31.0 Å². The fourth-order valence-corrected chi connectivity index (χ4v) is 2.27. The molecule has 0 fully saturated rings. The Hall–Kier alpha value is -2.30. The number of urea groups is 1. The van der Waals surface area contributed by atoms with Gasteiger partial charge in [-0.15, -0.1) is 0 Å². The number of hydrogen-bond acceptors (Lipinski definition) is 3. The highest BCUT2D eigenvalue weighted by molar-refractivity contribution is 5.94. The lowest BCUT2D eigenvalue weighted by molar-refractivity contribution is -0.136. The number of esters is 1. The molecule has 1 heterocycles. The second-order valence-electron chi connectivity index (χ2n) is 4.66. The van der Waals surface area contributed by atoms with Gasteiger partial charge in [-0.3, -0.25) is 0 Å². The lowest BCUT2D eigenvalue weighted by atomic mass is 9.94. The van der Waals surface area contributed by atoms with Crippen molar-refractivity contribution in [2.24, 2.45) is 0 Å². The molecule has 0 unspecified atom stereocenters. The molecule has 20 heavy (non-hydrogen) atoms. The van der Waals surface area contributed by atoms with E-state index in [1.54, 1.807) is 6.92 Å². The van der Waals surface area contributed by atoms with E-state index < -0.39 is 12.0 Å². The second-order valence-corrected chi connectivity index (χ2v) is 4.66. The van der Waals surface area contributed by atoms with Crippen LogP contribution in [0.15, 0.2) is 35.5 Å². The Morgan fingerprint density at radius 3 is 2.50 bits per heavy atom. The fourth-order valence-electron chi connectivity index (χ4n) is 2.27. The number of amides is 2. The van der Waals surface area contributed by atoms with E-state index in [-0.39, 0.29) is 6.03 Å². The zero-order valence-corrected chi connectivity index (χ0v) is 11.8. The van der Waals surface area contributed by atoms with Gasteiger partial charge < -0.3 is 15.4 Å². The van der Waals surface area contributed by atoms with Gasteiger partial charge in [0.05, 0.1) is 18.7 Å². The molecule has 0 radical (unpaired) electrons. The van der Waals surface area contributed by atoms with Crippen molar-refractivity contribution in [3.8, 4) is 0 Å². The smallest absolute Gasteiger partial charge is 0.337 e. The number of benzene rings is 1. The Kier molecular flexibility index (Phi) is 4.08. The number of ether oxygens (including phenoxy) is 1. The van der Waals surface area contributed by atoms with Crippen LogP contribution in [-0.2, 0) is 16.0 Å². The molecule has 1 aromatic rings. The van der Waals surface area contributed by atoms with Gasteiger partial charge in [0, 0.05) is 5.70 Å². The van der Waals surface area contributed by atoms with Gasteiger partial charge in [0.2, 0.25) is 0 Å². The standard InChI is InChI=1S/C15H18N2O3/c1-4-10-5-7-11(8-6-10)13-12(14(18)20-3)9(2)16-15(19)17-13/h5-8,13H,4H2,1-3H3,(H2,16,17,19)/t13-/m1/s1. The van der Waals surface area contributed by atoms with Gasteiger partial charge >= 0.3 is 12.0 Å². The number of carbonyl (C=O) groups is 2. The van der Waals surface area contributed by atoms with Gasteiger partial charge in [-0.05, 0) is 24.5 Å². The van der Waals surface area contributed by atoms with Crippen LogP contribution < -0.4 is 10.6 Å². The summed E-state index contributed by atoms with van der Waals surface area (Å²) in [5.74, 6) is -0.445. The predicted molar refractivity (Wildman–Crippen MR) is 74.9 cm³/mol. The van der Waals surface area contributed by atoms with Gasteiger partial charge in [0.25, 0.3) is 0 Å². The Balaban J connectivity index is 2.42. The van der Waals surface area contributed by atoms with Crippen LogP contribution in [0.2, 0.25) is 0 Å². The highest BCUT2D eigenvalue weighted by Gasteiger charge is 2.31. The number of nitrogens with one attached hydrogen (secondary N) is 2. The fraction of sp³-hybridized carbons (Fsp3) is 0.333. The molecular weight excluding hydrogens is 256 g/mol. The summed E-state index contributed by atoms with van der Waals surface area (Å²) in [5, 5.41) is 5.35. The van der Waals surface area contributed by atoms with Crippen LogP contribution in [0, 0.1) is 0 Å². The Labute approximate surface area is 118 Å². The molecule has 1 atom stereocenters.